The van der Waals surface area contributed by atoms with Crippen LogP contribution < -0.4 is 10.1 Å². The molecule has 0 spiro atoms. The SMILES string of the molecule is COc1ccc(C2=C(C#N)C(=C=S)NC3=C2CCCC3)cc1. The molecular formula is C18H16N2OS. The minimum atomic E-state index is 0.584. The predicted molar refractivity (Wildman–Crippen MR) is 90.3 cm³/mol. The number of methoxy groups -OCH3 is 1. The Morgan fingerprint density at radius 3 is 2.55 bits per heavy atom. The monoisotopic (exact) mass is 308 g/mol. The Bertz CT molecular complexity index is 759. The normalized spacial score (nSPS) is 17.4. The van der Waals surface area contributed by atoms with E-state index in [-0.39, 0.29) is 0 Å². The van der Waals surface area contributed by atoms with E-state index in [1.54, 1.807) is 7.11 Å². The minimum absolute atomic E-state index is 0.584. The van der Waals surface area contributed by atoms with Crippen LogP contribution in [-0.4, -0.2) is 12.1 Å². The molecule has 0 saturated carbocycles. The number of ether oxygens (including phenoxy) is 1. The van der Waals surface area contributed by atoms with Gasteiger partial charge in [-0.1, -0.05) is 12.1 Å². The largest absolute Gasteiger partial charge is 0.497 e. The van der Waals surface area contributed by atoms with Crippen molar-refractivity contribution >= 4 is 22.8 Å². The van der Waals surface area contributed by atoms with Gasteiger partial charge in [0.15, 0.2) is 0 Å². The summed E-state index contributed by atoms with van der Waals surface area (Å²) in [7, 11) is 1.65. The Balaban J connectivity index is 2.20. The van der Waals surface area contributed by atoms with Gasteiger partial charge in [0.2, 0.25) is 0 Å². The first-order valence-electron chi connectivity index (χ1n) is 7.32. The highest BCUT2D eigenvalue weighted by Crippen LogP contribution is 2.40. The van der Waals surface area contributed by atoms with Crippen molar-refractivity contribution in [1.29, 1.82) is 5.26 Å². The lowest BCUT2D eigenvalue weighted by atomic mass is 9.82. The van der Waals surface area contributed by atoms with Crippen LogP contribution in [0, 0.1) is 11.3 Å². The van der Waals surface area contributed by atoms with Gasteiger partial charge in [-0.25, -0.2) is 0 Å². The summed E-state index contributed by atoms with van der Waals surface area (Å²) >= 11 is 4.97. The van der Waals surface area contributed by atoms with Gasteiger partial charge >= 0.3 is 0 Å². The molecule has 0 bridgehead atoms. The summed E-state index contributed by atoms with van der Waals surface area (Å²) in [5, 5.41) is 15.6. The quantitative estimate of drug-likeness (QED) is 0.842. The zero-order valence-electron chi connectivity index (χ0n) is 12.4. The van der Waals surface area contributed by atoms with E-state index in [0.717, 1.165) is 42.6 Å². The third-order valence-corrected chi connectivity index (χ3v) is 4.34. The molecule has 4 heteroatoms. The van der Waals surface area contributed by atoms with Crippen molar-refractivity contribution in [3.63, 3.8) is 0 Å². The number of hydrogen-bond donors (Lipinski definition) is 1. The second-order valence-electron chi connectivity index (χ2n) is 5.36. The van der Waals surface area contributed by atoms with Gasteiger partial charge < -0.3 is 10.1 Å². The van der Waals surface area contributed by atoms with Crippen LogP contribution >= 0.6 is 12.2 Å². The van der Waals surface area contributed by atoms with Gasteiger partial charge in [0.05, 0.1) is 12.7 Å². The van der Waals surface area contributed by atoms with Gasteiger partial charge in [-0.05, 0) is 66.2 Å². The lowest BCUT2D eigenvalue weighted by Crippen LogP contribution is -2.24. The second kappa shape index (κ2) is 6.19. The van der Waals surface area contributed by atoms with Crippen LogP contribution in [0.5, 0.6) is 5.75 Å². The molecular weight excluding hydrogens is 292 g/mol. The molecule has 0 unspecified atom stereocenters. The number of nitriles is 1. The molecule has 1 aliphatic carbocycles. The fourth-order valence-corrected chi connectivity index (χ4v) is 3.23. The van der Waals surface area contributed by atoms with Gasteiger partial charge in [-0.15, -0.1) is 0 Å². The van der Waals surface area contributed by atoms with Crippen LogP contribution in [0.25, 0.3) is 5.57 Å². The lowest BCUT2D eigenvalue weighted by molar-refractivity contribution is 0.415. The summed E-state index contributed by atoms with van der Waals surface area (Å²) in [5.41, 5.74) is 5.64. The fraction of sp³-hybridized carbons (Fsp3) is 0.278. The number of dihydropyridines is 1. The Kier molecular flexibility index (Phi) is 4.11. The summed E-state index contributed by atoms with van der Waals surface area (Å²) < 4.78 is 5.22. The molecule has 1 heterocycles. The van der Waals surface area contributed by atoms with Crippen LogP contribution in [0.1, 0.15) is 31.2 Å². The molecule has 0 fully saturated rings. The van der Waals surface area contributed by atoms with Crippen LogP contribution in [0.15, 0.2) is 46.8 Å². The lowest BCUT2D eigenvalue weighted by Gasteiger charge is -2.29. The number of benzene rings is 1. The van der Waals surface area contributed by atoms with Crippen LogP contribution in [0.2, 0.25) is 0 Å². The molecule has 0 radical (unpaired) electrons. The molecule has 1 aromatic rings. The van der Waals surface area contributed by atoms with E-state index in [2.05, 4.69) is 16.4 Å². The molecule has 3 nitrogen and oxygen atoms in total. The number of rotatable bonds is 2. The van der Waals surface area contributed by atoms with Crippen molar-refractivity contribution < 1.29 is 4.74 Å². The highest BCUT2D eigenvalue weighted by atomic mass is 32.1. The van der Waals surface area contributed by atoms with E-state index < -0.39 is 0 Å². The van der Waals surface area contributed by atoms with E-state index in [9.17, 15) is 5.26 Å². The second-order valence-corrected chi connectivity index (χ2v) is 5.56. The summed E-state index contributed by atoms with van der Waals surface area (Å²) in [6.45, 7) is 0. The molecule has 0 atom stereocenters. The molecule has 110 valence electrons. The van der Waals surface area contributed by atoms with Gasteiger partial charge in [0, 0.05) is 11.3 Å². The Labute approximate surface area is 135 Å². The first kappa shape index (κ1) is 14.6. The smallest absolute Gasteiger partial charge is 0.118 e. The number of hydrogen-bond acceptors (Lipinski definition) is 4. The minimum Gasteiger partial charge on any atom is -0.497 e. The number of allylic oxidation sites excluding steroid dienone is 4. The van der Waals surface area contributed by atoms with Crippen molar-refractivity contribution in [2.75, 3.05) is 7.11 Å². The van der Waals surface area contributed by atoms with E-state index in [0.29, 0.717) is 11.3 Å². The maximum atomic E-state index is 9.61. The zero-order chi connectivity index (χ0) is 15.5. The maximum Gasteiger partial charge on any atom is 0.118 e. The van der Waals surface area contributed by atoms with E-state index in [1.807, 2.05) is 24.3 Å². The van der Waals surface area contributed by atoms with Crippen LogP contribution in [0.4, 0.5) is 0 Å². The highest BCUT2D eigenvalue weighted by molar-refractivity contribution is 7.78. The fourth-order valence-electron chi connectivity index (χ4n) is 3.07. The van der Waals surface area contributed by atoms with Crippen molar-refractivity contribution in [3.05, 3.63) is 52.4 Å². The number of thiocarbonyl (C=S) groups is 1. The molecule has 2 aliphatic rings. The number of nitrogens with one attached hydrogen (secondary N) is 1. The van der Waals surface area contributed by atoms with Crippen molar-refractivity contribution in [2.45, 2.75) is 25.7 Å². The molecule has 1 aliphatic heterocycles. The maximum absolute atomic E-state index is 9.61. The average Bonchev–Trinajstić information content (AvgIpc) is 2.60. The molecule has 0 saturated heterocycles. The Morgan fingerprint density at radius 1 is 1.18 bits per heavy atom. The van der Waals surface area contributed by atoms with E-state index >= 15 is 0 Å². The third-order valence-electron chi connectivity index (χ3n) is 4.14. The first-order valence-corrected chi connectivity index (χ1v) is 7.73. The van der Waals surface area contributed by atoms with Gasteiger partial charge in [-0.3, -0.25) is 0 Å². The summed E-state index contributed by atoms with van der Waals surface area (Å²) in [4.78, 5) is 0. The van der Waals surface area contributed by atoms with E-state index in [1.165, 1.54) is 11.3 Å². The van der Waals surface area contributed by atoms with Crippen LogP contribution in [-0.2, 0) is 0 Å². The van der Waals surface area contributed by atoms with Crippen molar-refractivity contribution in [3.8, 4) is 11.8 Å². The Hall–Kier alpha value is -2.34. The van der Waals surface area contributed by atoms with Gasteiger partial charge in [-0.2, -0.15) is 5.26 Å². The Morgan fingerprint density at radius 2 is 1.91 bits per heavy atom. The standard InChI is InChI=1S/C18H16N2OS/c1-21-13-8-6-12(7-9-13)18-14-4-2-3-5-16(14)20-17(11-22)15(18)10-19/h6-9,20H,2-5H2,1H3. The molecule has 0 aromatic heterocycles. The topological polar surface area (TPSA) is 45.0 Å². The summed E-state index contributed by atoms with van der Waals surface area (Å²) in [6, 6.07) is 10.1. The predicted octanol–water partition coefficient (Wildman–Crippen LogP) is 3.89. The third kappa shape index (κ3) is 2.46. The molecule has 1 N–H and O–H groups in total. The molecule has 22 heavy (non-hydrogen) atoms. The highest BCUT2D eigenvalue weighted by Gasteiger charge is 2.27. The van der Waals surface area contributed by atoms with E-state index in [4.69, 9.17) is 17.0 Å². The van der Waals surface area contributed by atoms with Gasteiger partial charge in [0.1, 0.15) is 17.5 Å². The molecule has 0 amide bonds. The number of nitrogens with zero attached hydrogens (tertiary/aromatic N) is 1. The molecule has 1 aromatic carbocycles. The van der Waals surface area contributed by atoms with Gasteiger partial charge in [0.25, 0.3) is 0 Å². The average molecular weight is 308 g/mol. The van der Waals surface area contributed by atoms with Crippen LogP contribution in [0.3, 0.4) is 0 Å². The van der Waals surface area contributed by atoms with Crippen molar-refractivity contribution in [1.82, 2.24) is 5.32 Å². The summed E-state index contributed by atoms with van der Waals surface area (Å²) in [6.07, 6.45) is 4.29. The zero-order valence-corrected chi connectivity index (χ0v) is 13.2. The first-order chi connectivity index (χ1) is 10.8. The van der Waals surface area contributed by atoms with Crippen molar-refractivity contribution in [2.24, 2.45) is 0 Å². The summed E-state index contributed by atoms with van der Waals surface area (Å²) in [5.74, 6) is 0.806. The molecule has 3 rings (SSSR count).